The summed E-state index contributed by atoms with van der Waals surface area (Å²) in [6.07, 6.45) is 0.604. The number of hydrogen-bond donors (Lipinski definition) is 1. The molecule has 0 atom stereocenters. The molecule has 0 fully saturated rings. The summed E-state index contributed by atoms with van der Waals surface area (Å²) in [6, 6.07) is 15.2. The van der Waals surface area contributed by atoms with Gasteiger partial charge in [0.2, 0.25) is 5.95 Å². The number of ether oxygens (including phenoxy) is 1. The Morgan fingerprint density at radius 2 is 1.87 bits per heavy atom. The van der Waals surface area contributed by atoms with E-state index in [0.29, 0.717) is 11.4 Å². The van der Waals surface area contributed by atoms with Crippen LogP contribution in [0.3, 0.4) is 0 Å². The second-order valence-electron chi connectivity index (χ2n) is 6.04. The number of anilines is 1. The number of benzene rings is 2. The largest absolute Gasteiger partial charge is 0.487 e. The van der Waals surface area contributed by atoms with Crippen LogP contribution in [0.5, 0.6) is 5.75 Å². The number of halogens is 1. The maximum Gasteiger partial charge on any atom is 0.220 e. The highest BCUT2D eigenvalue weighted by Crippen LogP contribution is 2.26. The second kappa shape index (κ2) is 6.05. The van der Waals surface area contributed by atoms with Gasteiger partial charge >= 0.3 is 0 Å². The molecule has 0 aliphatic rings. The molecule has 0 aliphatic carbocycles. The fraction of sp³-hybridized carbons (Fsp3) is 0.222. The lowest BCUT2D eigenvalue weighted by atomic mass is 9.99. The van der Waals surface area contributed by atoms with Crippen LogP contribution in [0.25, 0.3) is 10.9 Å². The molecule has 0 radical (unpaired) electrons. The SMILES string of the molecule is CC(C)(Cc1nc(N)nc2ccccc12)Oc1cccc(Cl)c1. The Morgan fingerprint density at radius 1 is 1.09 bits per heavy atom. The number of nitrogen functional groups attached to an aromatic ring is 1. The zero-order valence-corrected chi connectivity index (χ0v) is 13.8. The van der Waals surface area contributed by atoms with Crippen molar-refractivity contribution in [2.75, 3.05) is 5.73 Å². The van der Waals surface area contributed by atoms with Crippen LogP contribution in [0.15, 0.2) is 48.5 Å². The van der Waals surface area contributed by atoms with Crippen molar-refractivity contribution in [2.45, 2.75) is 25.9 Å². The highest BCUT2D eigenvalue weighted by atomic mass is 35.5. The van der Waals surface area contributed by atoms with Crippen LogP contribution in [0.2, 0.25) is 5.02 Å². The Bertz CT molecular complexity index is 849. The van der Waals surface area contributed by atoms with Gasteiger partial charge in [0.1, 0.15) is 11.4 Å². The number of aromatic nitrogens is 2. The molecule has 0 saturated carbocycles. The van der Waals surface area contributed by atoms with Crippen LogP contribution in [-0.2, 0) is 6.42 Å². The molecule has 1 heterocycles. The first-order valence-electron chi connectivity index (χ1n) is 7.39. The zero-order valence-electron chi connectivity index (χ0n) is 13.1. The molecule has 0 aliphatic heterocycles. The van der Waals surface area contributed by atoms with Gasteiger partial charge in [-0.3, -0.25) is 0 Å². The lowest BCUT2D eigenvalue weighted by Crippen LogP contribution is -2.31. The minimum atomic E-state index is -0.464. The molecule has 23 heavy (non-hydrogen) atoms. The topological polar surface area (TPSA) is 61.0 Å². The van der Waals surface area contributed by atoms with Crippen LogP contribution in [0, 0.1) is 0 Å². The van der Waals surface area contributed by atoms with E-state index >= 15 is 0 Å². The predicted molar refractivity (Wildman–Crippen MR) is 93.8 cm³/mol. The Morgan fingerprint density at radius 3 is 2.65 bits per heavy atom. The lowest BCUT2D eigenvalue weighted by Gasteiger charge is -2.27. The van der Waals surface area contributed by atoms with E-state index in [4.69, 9.17) is 22.1 Å². The lowest BCUT2D eigenvalue weighted by molar-refractivity contribution is 0.109. The van der Waals surface area contributed by atoms with Crippen molar-refractivity contribution in [3.05, 3.63) is 59.2 Å². The van der Waals surface area contributed by atoms with E-state index in [1.54, 1.807) is 6.07 Å². The summed E-state index contributed by atoms with van der Waals surface area (Å²) in [6.45, 7) is 4.03. The van der Waals surface area contributed by atoms with Gasteiger partial charge in [0.15, 0.2) is 0 Å². The van der Waals surface area contributed by atoms with Crippen molar-refractivity contribution in [3.8, 4) is 5.75 Å². The monoisotopic (exact) mass is 327 g/mol. The molecule has 5 heteroatoms. The molecule has 2 aromatic carbocycles. The molecule has 0 unspecified atom stereocenters. The van der Waals surface area contributed by atoms with Gasteiger partial charge in [-0.1, -0.05) is 35.9 Å². The molecule has 0 spiro atoms. The van der Waals surface area contributed by atoms with Crippen molar-refractivity contribution in [1.29, 1.82) is 0 Å². The first-order chi connectivity index (χ1) is 10.9. The van der Waals surface area contributed by atoms with Crippen molar-refractivity contribution < 1.29 is 4.74 Å². The fourth-order valence-electron chi connectivity index (χ4n) is 2.59. The van der Waals surface area contributed by atoms with Gasteiger partial charge in [-0.2, -0.15) is 0 Å². The van der Waals surface area contributed by atoms with Gasteiger partial charge in [0.05, 0.1) is 11.2 Å². The summed E-state index contributed by atoms with van der Waals surface area (Å²) in [7, 11) is 0. The summed E-state index contributed by atoms with van der Waals surface area (Å²) < 4.78 is 6.09. The third-order valence-corrected chi connectivity index (χ3v) is 3.72. The van der Waals surface area contributed by atoms with Crippen LogP contribution in [-0.4, -0.2) is 15.6 Å². The van der Waals surface area contributed by atoms with E-state index in [9.17, 15) is 0 Å². The summed E-state index contributed by atoms with van der Waals surface area (Å²) in [5, 5.41) is 1.64. The average molecular weight is 328 g/mol. The van der Waals surface area contributed by atoms with Gasteiger partial charge in [0.25, 0.3) is 0 Å². The van der Waals surface area contributed by atoms with E-state index in [1.165, 1.54) is 0 Å². The standard InChI is InChI=1S/C18H18ClN3O/c1-18(2,23-13-7-5-6-12(19)10-13)11-16-14-8-3-4-9-15(14)21-17(20)22-16/h3-10H,11H2,1-2H3,(H2,20,21,22). The van der Waals surface area contributed by atoms with E-state index in [2.05, 4.69) is 9.97 Å². The molecule has 1 aromatic heterocycles. The van der Waals surface area contributed by atoms with Crippen molar-refractivity contribution in [1.82, 2.24) is 9.97 Å². The molecule has 4 nitrogen and oxygen atoms in total. The molecule has 0 saturated heterocycles. The van der Waals surface area contributed by atoms with Gasteiger partial charge in [-0.05, 0) is 38.1 Å². The first kappa shape index (κ1) is 15.6. The van der Waals surface area contributed by atoms with E-state index in [0.717, 1.165) is 22.3 Å². The van der Waals surface area contributed by atoms with E-state index < -0.39 is 5.60 Å². The molecular formula is C18H18ClN3O. The van der Waals surface area contributed by atoms with Crippen LogP contribution in [0.4, 0.5) is 5.95 Å². The number of nitrogens with two attached hydrogens (primary N) is 1. The van der Waals surface area contributed by atoms with Gasteiger partial charge in [-0.15, -0.1) is 0 Å². The molecule has 0 bridgehead atoms. The van der Waals surface area contributed by atoms with Gasteiger partial charge in [-0.25, -0.2) is 9.97 Å². The number of nitrogens with zero attached hydrogens (tertiary/aromatic N) is 2. The maximum atomic E-state index is 6.09. The summed E-state index contributed by atoms with van der Waals surface area (Å²) >= 11 is 6.02. The predicted octanol–water partition coefficient (Wildman–Crippen LogP) is 4.27. The summed E-state index contributed by atoms with van der Waals surface area (Å²) in [5.74, 6) is 1.01. The number of para-hydroxylation sites is 1. The summed E-state index contributed by atoms with van der Waals surface area (Å²) in [4.78, 5) is 8.68. The van der Waals surface area contributed by atoms with Gasteiger partial charge < -0.3 is 10.5 Å². The quantitative estimate of drug-likeness (QED) is 0.777. The zero-order chi connectivity index (χ0) is 16.4. The first-order valence-corrected chi connectivity index (χ1v) is 7.76. The smallest absolute Gasteiger partial charge is 0.220 e. The third kappa shape index (κ3) is 3.71. The highest BCUT2D eigenvalue weighted by Gasteiger charge is 2.23. The van der Waals surface area contributed by atoms with Gasteiger partial charge in [0, 0.05) is 16.8 Å². The second-order valence-corrected chi connectivity index (χ2v) is 6.48. The number of hydrogen-bond acceptors (Lipinski definition) is 4. The highest BCUT2D eigenvalue weighted by molar-refractivity contribution is 6.30. The van der Waals surface area contributed by atoms with Crippen molar-refractivity contribution in [2.24, 2.45) is 0 Å². The van der Waals surface area contributed by atoms with Crippen molar-refractivity contribution in [3.63, 3.8) is 0 Å². The molecule has 2 N–H and O–H groups in total. The maximum absolute atomic E-state index is 6.09. The number of fused-ring (bicyclic) bond motifs is 1. The minimum absolute atomic E-state index is 0.275. The Labute approximate surface area is 140 Å². The fourth-order valence-corrected chi connectivity index (χ4v) is 2.77. The van der Waals surface area contributed by atoms with E-state index in [-0.39, 0.29) is 5.95 Å². The van der Waals surface area contributed by atoms with E-state index in [1.807, 2.05) is 56.3 Å². The average Bonchev–Trinajstić information content (AvgIpc) is 2.46. The molecule has 3 rings (SSSR count). The molecule has 3 aromatic rings. The Hall–Kier alpha value is -2.33. The Balaban J connectivity index is 1.91. The van der Waals surface area contributed by atoms with Crippen LogP contribution in [0.1, 0.15) is 19.5 Å². The number of rotatable bonds is 4. The normalized spacial score (nSPS) is 11.6. The minimum Gasteiger partial charge on any atom is -0.487 e. The Kier molecular flexibility index (Phi) is 4.09. The van der Waals surface area contributed by atoms with Crippen molar-refractivity contribution >= 4 is 28.5 Å². The van der Waals surface area contributed by atoms with Crippen LogP contribution >= 0.6 is 11.6 Å². The molecular weight excluding hydrogens is 310 g/mol. The third-order valence-electron chi connectivity index (χ3n) is 3.48. The van der Waals surface area contributed by atoms with Crippen LogP contribution < -0.4 is 10.5 Å². The summed E-state index contributed by atoms with van der Waals surface area (Å²) in [5.41, 5.74) is 7.09. The molecule has 118 valence electrons. The molecule has 0 amide bonds.